The summed E-state index contributed by atoms with van der Waals surface area (Å²) in [5.74, 6) is 0.517. The second-order valence-electron chi connectivity index (χ2n) is 5.87. The summed E-state index contributed by atoms with van der Waals surface area (Å²) in [4.78, 5) is 10.7. The van der Waals surface area contributed by atoms with Gasteiger partial charge in [0.05, 0.1) is 6.42 Å². The zero-order valence-corrected chi connectivity index (χ0v) is 13.3. The van der Waals surface area contributed by atoms with E-state index in [0.29, 0.717) is 12.5 Å². The van der Waals surface area contributed by atoms with Gasteiger partial charge in [-0.25, -0.2) is 0 Å². The van der Waals surface area contributed by atoms with Gasteiger partial charge in [-0.15, -0.1) is 0 Å². The summed E-state index contributed by atoms with van der Waals surface area (Å²) in [6, 6.07) is 13.8. The van der Waals surface area contributed by atoms with Crippen LogP contribution in [0, 0.1) is 6.92 Å². The third-order valence-corrected chi connectivity index (χ3v) is 3.56. The van der Waals surface area contributed by atoms with Gasteiger partial charge >= 0.3 is 5.97 Å². The summed E-state index contributed by atoms with van der Waals surface area (Å²) in [5.41, 5.74) is 4.21. The van der Waals surface area contributed by atoms with Crippen molar-refractivity contribution in [2.75, 3.05) is 0 Å². The van der Waals surface area contributed by atoms with Gasteiger partial charge in [0.25, 0.3) is 0 Å². The van der Waals surface area contributed by atoms with Crippen LogP contribution < -0.4 is 4.74 Å². The monoisotopic (exact) mass is 298 g/mol. The number of hydrogen-bond donors (Lipinski definition) is 1. The molecule has 2 aromatic carbocycles. The zero-order valence-electron chi connectivity index (χ0n) is 13.3. The van der Waals surface area contributed by atoms with Crippen LogP contribution >= 0.6 is 0 Å². The number of aryl methyl sites for hydroxylation is 1. The maximum absolute atomic E-state index is 10.7. The molecule has 0 heterocycles. The summed E-state index contributed by atoms with van der Waals surface area (Å²) < 4.78 is 5.97. The lowest BCUT2D eigenvalue weighted by Crippen LogP contribution is -2.02. The van der Waals surface area contributed by atoms with E-state index in [-0.39, 0.29) is 6.42 Å². The van der Waals surface area contributed by atoms with Crippen molar-refractivity contribution >= 4 is 5.97 Å². The molecular formula is C19H22O3. The minimum Gasteiger partial charge on any atom is -0.489 e. The van der Waals surface area contributed by atoms with E-state index in [9.17, 15) is 4.79 Å². The Morgan fingerprint density at radius 3 is 2.32 bits per heavy atom. The highest BCUT2D eigenvalue weighted by Crippen LogP contribution is 2.28. The second-order valence-corrected chi connectivity index (χ2v) is 5.87. The van der Waals surface area contributed by atoms with Gasteiger partial charge in [0.1, 0.15) is 12.4 Å². The lowest BCUT2D eigenvalue weighted by Gasteiger charge is -2.15. The van der Waals surface area contributed by atoms with E-state index in [1.807, 2.05) is 24.3 Å². The van der Waals surface area contributed by atoms with E-state index < -0.39 is 5.97 Å². The van der Waals surface area contributed by atoms with Crippen LogP contribution in [0.1, 0.15) is 42.0 Å². The van der Waals surface area contributed by atoms with Crippen LogP contribution in [0.5, 0.6) is 5.75 Å². The number of hydrogen-bond acceptors (Lipinski definition) is 2. The van der Waals surface area contributed by atoms with Crippen molar-refractivity contribution in [3.63, 3.8) is 0 Å². The first kappa shape index (κ1) is 16.1. The molecule has 2 aromatic rings. The van der Waals surface area contributed by atoms with Crippen LogP contribution in [-0.4, -0.2) is 11.1 Å². The van der Waals surface area contributed by atoms with Gasteiger partial charge in [-0.3, -0.25) is 4.79 Å². The Bertz CT molecular complexity index is 642. The van der Waals surface area contributed by atoms with Crippen LogP contribution in [0.15, 0.2) is 42.5 Å². The molecule has 0 bridgehead atoms. The molecule has 0 aromatic heterocycles. The number of aliphatic carboxylic acids is 1. The van der Waals surface area contributed by atoms with Gasteiger partial charge in [-0.05, 0) is 41.2 Å². The molecule has 0 aliphatic carbocycles. The molecule has 0 radical (unpaired) electrons. The van der Waals surface area contributed by atoms with Crippen molar-refractivity contribution in [2.24, 2.45) is 0 Å². The topological polar surface area (TPSA) is 46.5 Å². The van der Waals surface area contributed by atoms with Gasteiger partial charge in [-0.2, -0.15) is 0 Å². The van der Waals surface area contributed by atoms with Crippen LogP contribution in [0.2, 0.25) is 0 Å². The lowest BCUT2D eigenvalue weighted by atomic mass is 10.0. The van der Waals surface area contributed by atoms with Gasteiger partial charge in [0.15, 0.2) is 0 Å². The highest BCUT2D eigenvalue weighted by Gasteiger charge is 2.08. The Kier molecular flexibility index (Phi) is 5.21. The molecule has 0 fully saturated rings. The number of carbonyl (C=O) groups is 1. The van der Waals surface area contributed by atoms with Crippen molar-refractivity contribution in [1.29, 1.82) is 0 Å². The van der Waals surface area contributed by atoms with Crippen LogP contribution in [-0.2, 0) is 17.8 Å². The van der Waals surface area contributed by atoms with Crippen LogP contribution in [0.3, 0.4) is 0 Å². The zero-order chi connectivity index (χ0) is 16.1. The first-order valence-corrected chi connectivity index (χ1v) is 7.48. The van der Waals surface area contributed by atoms with Crippen molar-refractivity contribution in [3.8, 4) is 5.75 Å². The molecule has 2 rings (SSSR count). The normalized spacial score (nSPS) is 10.7. The standard InChI is InChI=1S/C19H22O3/c1-13(2)17-9-4-14(3)10-18(17)22-12-16-7-5-15(6-8-16)11-19(20)21/h4-10,13H,11-12H2,1-3H3,(H,20,21). The summed E-state index contributed by atoms with van der Waals surface area (Å²) >= 11 is 0. The van der Waals surface area contributed by atoms with E-state index in [1.165, 1.54) is 11.1 Å². The van der Waals surface area contributed by atoms with Crippen molar-refractivity contribution in [3.05, 3.63) is 64.7 Å². The Hall–Kier alpha value is -2.29. The maximum Gasteiger partial charge on any atom is 0.307 e. The number of carboxylic acid groups (broad SMARTS) is 1. The molecule has 0 saturated heterocycles. The minimum absolute atomic E-state index is 0.0521. The van der Waals surface area contributed by atoms with Crippen molar-refractivity contribution < 1.29 is 14.6 Å². The van der Waals surface area contributed by atoms with E-state index in [4.69, 9.17) is 9.84 Å². The highest BCUT2D eigenvalue weighted by atomic mass is 16.5. The molecular weight excluding hydrogens is 276 g/mol. The predicted octanol–water partition coefficient (Wildman–Crippen LogP) is 4.32. The van der Waals surface area contributed by atoms with Gasteiger partial charge < -0.3 is 9.84 Å². The fraction of sp³-hybridized carbons (Fsp3) is 0.316. The molecule has 0 saturated carbocycles. The molecule has 3 heteroatoms. The summed E-state index contributed by atoms with van der Waals surface area (Å²) in [7, 11) is 0. The van der Waals surface area contributed by atoms with Crippen molar-refractivity contribution in [2.45, 2.75) is 39.7 Å². The quantitative estimate of drug-likeness (QED) is 0.863. The van der Waals surface area contributed by atoms with Crippen molar-refractivity contribution in [1.82, 2.24) is 0 Å². The molecule has 0 spiro atoms. The van der Waals surface area contributed by atoms with Crippen LogP contribution in [0.25, 0.3) is 0 Å². The molecule has 0 aliphatic rings. The maximum atomic E-state index is 10.7. The summed E-state index contributed by atoms with van der Waals surface area (Å²) in [6.45, 7) is 6.84. The first-order chi connectivity index (χ1) is 10.5. The number of ether oxygens (including phenoxy) is 1. The summed E-state index contributed by atoms with van der Waals surface area (Å²) in [5, 5.41) is 8.77. The second kappa shape index (κ2) is 7.12. The van der Waals surface area contributed by atoms with Gasteiger partial charge in [0, 0.05) is 0 Å². The molecule has 0 atom stereocenters. The first-order valence-electron chi connectivity index (χ1n) is 7.48. The molecule has 116 valence electrons. The van der Waals surface area contributed by atoms with Crippen LogP contribution in [0.4, 0.5) is 0 Å². The highest BCUT2D eigenvalue weighted by molar-refractivity contribution is 5.70. The fourth-order valence-corrected chi connectivity index (χ4v) is 2.33. The molecule has 3 nitrogen and oxygen atoms in total. The third-order valence-electron chi connectivity index (χ3n) is 3.56. The smallest absolute Gasteiger partial charge is 0.307 e. The average molecular weight is 298 g/mol. The fourth-order valence-electron chi connectivity index (χ4n) is 2.33. The van der Waals surface area contributed by atoms with E-state index in [1.54, 1.807) is 0 Å². The average Bonchev–Trinajstić information content (AvgIpc) is 2.45. The van der Waals surface area contributed by atoms with Gasteiger partial charge in [0.2, 0.25) is 0 Å². The largest absolute Gasteiger partial charge is 0.489 e. The van der Waals surface area contributed by atoms with E-state index in [2.05, 4.69) is 39.0 Å². The number of benzene rings is 2. The van der Waals surface area contributed by atoms with E-state index >= 15 is 0 Å². The van der Waals surface area contributed by atoms with E-state index in [0.717, 1.165) is 16.9 Å². The summed E-state index contributed by atoms with van der Waals surface area (Å²) in [6.07, 6.45) is 0.0521. The minimum atomic E-state index is -0.815. The lowest BCUT2D eigenvalue weighted by molar-refractivity contribution is -0.136. The number of rotatable bonds is 6. The molecule has 0 unspecified atom stereocenters. The Morgan fingerprint density at radius 1 is 1.09 bits per heavy atom. The Balaban J connectivity index is 2.06. The molecule has 0 amide bonds. The third kappa shape index (κ3) is 4.35. The predicted molar refractivity (Wildman–Crippen MR) is 87.4 cm³/mol. The Morgan fingerprint density at radius 2 is 1.73 bits per heavy atom. The Labute approximate surface area is 131 Å². The molecule has 22 heavy (non-hydrogen) atoms. The number of carboxylic acids is 1. The molecule has 1 N–H and O–H groups in total. The molecule has 0 aliphatic heterocycles. The SMILES string of the molecule is Cc1ccc(C(C)C)c(OCc2ccc(CC(=O)O)cc2)c1. The van der Waals surface area contributed by atoms with Gasteiger partial charge in [-0.1, -0.05) is 50.2 Å².